The van der Waals surface area contributed by atoms with E-state index < -0.39 is 10.0 Å². The van der Waals surface area contributed by atoms with E-state index in [9.17, 15) is 13.2 Å². The standard InChI is InChI=1S/C18H18N4O3S/c23-18(13-7-9-19-10-8-13)22-11-3-4-14(12-22)17-20-15-5-1-2-6-16(15)26(24,25)21-17/h1-2,5-10,14H,3-4,11-12H2,(H,20,21). The maximum absolute atomic E-state index is 12.7. The first-order valence-corrected chi connectivity index (χ1v) is 9.89. The molecule has 1 atom stereocenters. The van der Waals surface area contributed by atoms with Gasteiger partial charge in [0.2, 0.25) is 0 Å². The first-order chi connectivity index (χ1) is 12.5. The molecule has 2 aliphatic rings. The van der Waals surface area contributed by atoms with E-state index in [-0.39, 0.29) is 16.7 Å². The average Bonchev–Trinajstić information content (AvgIpc) is 2.68. The summed E-state index contributed by atoms with van der Waals surface area (Å²) in [5.74, 6) is 0.199. The number of benzene rings is 1. The fraction of sp³-hybridized carbons (Fsp3) is 0.278. The number of amidine groups is 1. The van der Waals surface area contributed by atoms with Crippen molar-refractivity contribution in [2.24, 2.45) is 10.3 Å². The Morgan fingerprint density at radius 3 is 2.73 bits per heavy atom. The first kappa shape index (κ1) is 16.7. The van der Waals surface area contributed by atoms with Gasteiger partial charge in [0, 0.05) is 37.0 Å². The lowest BCUT2D eigenvalue weighted by atomic mass is 9.96. The second kappa shape index (κ2) is 6.53. The third-order valence-corrected chi connectivity index (χ3v) is 6.02. The zero-order valence-electron chi connectivity index (χ0n) is 14.0. The van der Waals surface area contributed by atoms with Gasteiger partial charge in [-0.1, -0.05) is 12.1 Å². The number of likely N-dealkylation sites (tertiary alicyclic amines) is 1. The minimum Gasteiger partial charge on any atom is -0.342 e. The van der Waals surface area contributed by atoms with Crippen molar-refractivity contribution in [3.8, 4) is 0 Å². The summed E-state index contributed by atoms with van der Waals surface area (Å²) in [6, 6.07) is 10.1. The quantitative estimate of drug-likeness (QED) is 0.874. The zero-order chi connectivity index (χ0) is 18.1. The molecular weight excluding hydrogens is 352 g/mol. The molecular formula is C18H18N4O3S. The number of nitrogens with one attached hydrogen (secondary N) is 1. The lowest BCUT2D eigenvalue weighted by Gasteiger charge is -2.34. The van der Waals surface area contributed by atoms with Gasteiger partial charge in [-0.25, -0.2) is 0 Å². The summed E-state index contributed by atoms with van der Waals surface area (Å²) in [5, 5.41) is 3.14. The van der Waals surface area contributed by atoms with Crippen LogP contribution in [-0.4, -0.2) is 43.1 Å². The fourth-order valence-electron chi connectivity index (χ4n) is 3.37. The highest BCUT2D eigenvalue weighted by Crippen LogP contribution is 2.30. The van der Waals surface area contributed by atoms with Crippen LogP contribution >= 0.6 is 0 Å². The number of aromatic nitrogens is 1. The highest BCUT2D eigenvalue weighted by atomic mass is 32.2. The van der Waals surface area contributed by atoms with Crippen LogP contribution in [0.1, 0.15) is 23.2 Å². The molecule has 0 aliphatic carbocycles. The Morgan fingerprint density at radius 2 is 1.92 bits per heavy atom. The largest absolute Gasteiger partial charge is 0.342 e. The molecule has 0 radical (unpaired) electrons. The van der Waals surface area contributed by atoms with Gasteiger partial charge < -0.3 is 10.2 Å². The minimum absolute atomic E-state index is 0.0724. The molecule has 3 heterocycles. The normalized spacial score (nSPS) is 21.3. The first-order valence-electron chi connectivity index (χ1n) is 8.45. The van der Waals surface area contributed by atoms with Crippen LogP contribution in [0.3, 0.4) is 0 Å². The summed E-state index contributed by atoms with van der Waals surface area (Å²) < 4.78 is 28.9. The Morgan fingerprint density at radius 1 is 1.15 bits per heavy atom. The van der Waals surface area contributed by atoms with E-state index in [1.165, 1.54) is 6.07 Å². The van der Waals surface area contributed by atoms with E-state index in [0.29, 0.717) is 30.2 Å². The monoisotopic (exact) mass is 370 g/mol. The Bertz CT molecular complexity index is 973. The molecule has 1 aromatic carbocycles. The Hall–Kier alpha value is -2.74. The van der Waals surface area contributed by atoms with Crippen LogP contribution in [0.2, 0.25) is 0 Å². The molecule has 26 heavy (non-hydrogen) atoms. The van der Waals surface area contributed by atoms with Crippen molar-refractivity contribution in [3.05, 3.63) is 54.4 Å². The number of sulfonamides is 1. The number of hydrogen-bond donors (Lipinski definition) is 1. The smallest absolute Gasteiger partial charge is 0.286 e. The van der Waals surface area contributed by atoms with Crippen molar-refractivity contribution in [3.63, 3.8) is 0 Å². The van der Waals surface area contributed by atoms with E-state index in [1.807, 2.05) is 0 Å². The second-order valence-electron chi connectivity index (χ2n) is 6.40. The summed E-state index contributed by atoms with van der Waals surface area (Å²) in [5.41, 5.74) is 1.12. The zero-order valence-corrected chi connectivity index (χ0v) is 14.8. The van der Waals surface area contributed by atoms with E-state index in [2.05, 4.69) is 14.7 Å². The van der Waals surface area contributed by atoms with Crippen molar-refractivity contribution >= 4 is 27.5 Å². The molecule has 8 heteroatoms. The van der Waals surface area contributed by atoms with Gasteiger partial charge in [-0.2, -0.15) is 8.42 Å². The molecule has 1 aromatic heterocycles. The molecule has 1 unspecified atom stereocenters. The highest BCUT2D eigenvalue weighted by molar-refractivity contribution is 7.90. The number of pyridine rings is 1. The van der Waals surface area contributed by atoms with Crippen molar-refractivity contribution in [1.82, 2.24) is 9.88 Å². The van der Waals surface area contributed by atoms with Crippen molar-refractivity contribution in [2.45, 2.75) is 17.7 Å². The van der Waals surface area contributed by atoms with E-state index in [1.54, 1.807) is 47.6 Å². The molecule has 1 amide bonds. The maximum atomic E-state index is 12.7. The number of amides is 1. The number of rotatable bonds is 2. The van der Waals surface area contributed by atoms with Gasteiger partial charge in [0.05, 0.1) is 5.69 Å². The van der Waals surface area contributed by atoms with Gasteiger partial charge >= 0.3 is 0 Å². The van der Waals surface area contributed by atoms with Crippen LogP contribution in [0.4, 0.5) is 5.69 Å². The van der Waals surface area contributed by atoms with E-state index in [0.717, 1.165) is 12.8 Å². The maximum Gasteiger partial charge on any atom is 0.286 e. The molecule has 134 valence electrons. The van der Waals surface area contributed by atoms with Gasteiger partial charge in [-0.3, -0.25) is 9.78 Å². The van der Waals surface area contributed by atoms with E-state index in [4.69, 9.17) is 0 Å². The highest BCUT2D eigenvalue weighted by Gasteiger charge is 2.32. The van der Waals surface area contributed by atoms with Gasteiger partial charge in [0.15, 0.2) is 0 Å². The number of piperidine rings is 1. The second-order valence-corrected chi connectivity index (χ2v) is 7.97. The Balaban J connectivity index is 1.57. The van der Waals surface area contributed by atoms with Crippen molar-refractivity contribution in [1.29, 1.82) is 0 Å². The topological polar surface area (TPSA) is 91.7 Å². The van der Waals surface area contributed by atoms with Crippen molar-refractivity contribution < 1.29 is 13.2 Å². The summed E-state index contributed by atoms with van der Waals surface area (Å²) in [7, 11) is -3.72. The lowest BCUT2D eigenvalue weighted by molar-refractivity contribution is 0.0703. The van der Waals surface area contributed by atoms with Crippen LogP contribution in [0, 0.1) is 5.92 Å². The predicted molar refractivity (Wildman–Crippen MR) is 97.6 cm³/mol. The van der Waals surface area contributed by atoms with Crippen molar-refractivity contribution in [2.75, 3.05) is 18.4 Å². The number of carbonyl (C=O) groups excluding carboxylic acids is 1. The summed E-state index contributed by atoms with van der Waals surface area (Å²) in [6.07, 6.45) is 4.75. The third kappa shape index (κ3) is 3.08. The minimum atomic E-state index is -3.72. The molecule has 1 saturated heterocycles. The summed E-state index contributed by atoms with van der Waals surface area (Å²) in [6.45, 7) is 1.08. The van der Waals surface area contributed by atoms with Gasteiger partial charge in [-0.15, -0.1) is 4.40 Å². The predicted octanol–water partition coefficient (Wildman–Crippen LogP) is 2.15. The van der Waals surface area contributed by atoms with Crippen LogP contribution in [0.25, 0.3) is 0 Å². The molecule has 1 N–H and O–H groups in total. The van der Waals surface area contributed by atoms with Crippen LogP contribution in [0.15, 0.2) is 58.1 Å². The summed E-state index contributed by atoms with van der Waals surface area (Å²) >= 11 is 0. The summed E-state index contributed by atoms with van der Waals surface area (Å²) in [4.78, 5) is 18.5. The van der Waals surface area contributed by atoms with E-state index >= 15 is 0 Å². The molecule has 1 fully saturated rings. The van der Waals surface area contributed by atoms with Crippen LogP contribution in [-0.2, 0) is 10.0 Å². The number of fused-ring (bicyclic) bond motifs is 1. The number of para-hydroxylation sites is 1. The van der Waals surface area contributed by atoms with Gasteiger partial charge in [0.1, 0.15) is 10.7 Å². The van der Waals surface area contributed by atoms with Gasteiger partial charge in [0.25, 0.3) is 15.9 Å². The number of hydrogen-bond acceptors (Lipinski definition) is 5. The van der Waals surface area contributed by atoms with Gasteiger partial charge in [-0.05, 0) is 37.1 Å². The fourth-order valence-corrected chi connectivity index (χ4v) is 4.57. The molecule has 0 bridgehead atoms. The average molecular weight is 370 g/mol. The molecule has 2 aromatic rings. The molecule has 4 rings (SSSR count). The Labute approximate surface area is 151 Å². The molecule has 2 aliphatic heterocycles. The van der Waals surface area contributed by atoms with Crippen LogP contribution < -0.4 is 5.32 Å². The number of nitrogens with zero attached hydrogens (tertiary/aromatic N) is 3. The van der Waals surface area contributed by atoms with Crippen LogP contribution in [0.5, 0.6) is 0 Å². The number of anilines is 1. The lowest BCUT2D eigenvalue weighted by Crippen LogP contribution is -2.44. The number of carbonyl (C=O) groups is 1. The molecule has 0 saturated carbocycles. The molecule has 7 nitrogen and oxygen atoms in total. The third-order valence-electron chi connectivity index (χ3n) is 4.67. The molecule has 0 spiro atoms. The SMILES string of the molecule is O=C(c1ccncc1)N1CCCC(C2=NS(=O)(=O)c3ccccc3N2)C1. The Kier molecular flexibility index (Phi) is 4.20.